The maximum atomic E-state index is 6.56. The number of rotatable bonds is 5. The second kappa shape index (κ2) is 11.9. The topological polar surface area (TPSA) is 47.9 Å². The fraction of sp³-hybridized carbons (Fsp3) is 0.0200. The molecule has 4 heteroatoms. The van der Waals surface area contributed by atoms with Crippen LogP contribution in [0.15, 0.2) is 188 Å². The number of aromatic nitrogens is 3. The highest BCUT2D eigenvalue weighted by Crippen LogP contribution is 2.56. The summed E-state index contributed by atoms with van der Waals surface area (Å²) < 4.78 is 6.56. The summed E-state index contributed by atoms with van der Waals surface area (Å²) in [6.07, 6.45) is 0. The normalized spacial score (nSPS) is 13.1. The minimum absolute atomic E-state index is 0.530. The van der Waals surface area contributed by atoms with Gasteiger partial charge >= 0.3 is 0 Å². The molecule has 0 bridgehead atoms. The van der Waals surface area contributed by atoms with Crippen LogP contribution in [0.2, 0.25) is 0 Å². The van der Waals surface area contributed by atoms with Crippen molar-refractivity contribution in [2.45, 2.75) is 5.41 Å². The molecule has 0 unspecified atom stereocenters. The van der Waals surface area contributed by atoms with E-state index in [1.165, 1.54) is 33.4 Å². The Morgan fingerprint density at radius 2 is 0.889 bits per heavy atom. The maximum absolute atomic E-state index is 6.56. The molecular weight excluding hydrogens is 659 g/mol. The Morgan fingerprint density at radius 1 is 0.352 bits per heavy atom. The number of benzene rings is 8. The summed E-state index contributed by atoms with van der Waals surface area (Å²) in [5.74, 6) is 3.46. The van der Waals surface area contributed by atoms with Gasteiger partial charge in [0.2, 0.25) is 0 Å². The van der Waals surface area contributed by atoms with Crippen LogP contribution in [0.1, 0.15) is 22.3 Å². The van der Waals surface area contributed by atoms with Gasteiger partial charge in [0.15, 0.2) is 17.5 Å². The Labute approximate surface area is 313 Å². The van der Waals surface area contributed by atoms with Gasteiger partial charge in [0.1, 0.15) is 11.5 Å². The van der Waals surface area contributed by atoms with Crippen molar-refractivity contribution in [1.82, 2.24) is 15.0 Å². The molecule has 0 saturated heterocycles. The van der Waals surface area contributed by atoms with Gasteiger partial charge in [-0.05, 0) is 68.6 Å². The van der Waals surface area contributed by atoms with E-state index in [4.69, 9.17) is 19.7 Å². The van der Waals surface area contributed by atoms with Crippen molar-refractivity contribution < 1.29 is 4.74 Å². The van der Waals surface area contributed by atoms with Gasteiger partial charge in [0.25, 0.3) is 0 Å². The molecule has 0 atom stereocenters. The average Bonchev–Trinajstić information content (AvgIpc) is 3.55. The molecule has 4 nitrogen and oxygen atoms in total. The van der Waals surface area contributed by atoms with E-state index in [0.29, 0.717) is 17.5 Å². The van der Waals surface area contributed by atoms with E-state index in [1.54, 1.807) is 0 Å². The van der Waals surface area contributed by atoms with Crippen LogP contribution in [0.25, 0.3) is 67.2 Å². The van der Waals surface area contributed by atoms with Crippen LogP contribution >= 0.6 is 0 Å². The van der Waals surface area contributed by atoms with Crippen LogP contribution in [0.4, 0.5) is 0 Å². The van der Waals surface area contributed by atoms with Crippen molar-refractivity contribution in [1.29, 1.82) is 0 Å². The molecule has 0 spiro atoms. The van der Waals surface area contributed by atoms with Crippen LogP contribution in [-0.2, 0) is 5.41 Å². The molecule has 8 aromatic carbocycles. The number of fused-ring (bicyclic) bond motifs is 5. The van der Waals surface area contributed by atoms with Crippen molar-refractivity contribution >= 4 is 10.8 Å². The Bertz CT molecular complexity index is 2860. The van der Waals surface area contributed by atoms with Gasteiger partial charge in [-0.3, -0.25) is 0 Å². The second-order valence-electron chi connectivity index (χ2n) is 13.9. The molecule has 0 radical (unpaired) electrons. The highest BCUT2D eigenvalue weighted by molar-refractivity contribution is 6.04. The summed E-state index contributed by atoms with van der Waals surface area (Å²) in [5, 5.41) is 2.30. The molecule has 252 valence electrons. The number of ether oxygens (including phenoxy) is 1. The first-order valence-corrected chi connectivity index (χ1v) is 18.3. The van der Waals surface area contributed by atoms with E-state index >= 15 is 0 Å². The van der Waals surface area contributed by atoms with E-state index in [0.717, 1.165) is 50.1 Å². The lowest BCUT2D eigenvalue weighted by atomic mass is 9.67. The van der Waals surface area contributed by atoms with Crippen LogP contribution in [0.3, 0.4) is 0 Å². The molecule has 1 aromatic heterocycles. The van der Waals surface area contributed by atoms with Gasteiger partial charge in [-0.1, -0.05) is 164 Å². The molecule has 1 aliphatic carbocycles. The van der Waals surface area contributed by atoms with E-state index in [2.05, 4.69) is 146 Å². The van der Waals surface area contributed by atoms with Crippen molar-refractivity contribution in [3.05, 3.63) is 210 Å². The SMILES string of the molecule is c1ccc(-c2nc(-c3ccc4c(c3)Oc3cccc5cccc-4c35)nc(-c3ccc4c(c3)C(c3ccccc3)(c3ccccc3)c3ccccc3-4)n2)cc1. The smallest absolute Gasteiger partial charge is 0.164 e. The molecule has 11 rings (SSSR count). The lowest BCUT2D eigenvalue weighted by Gasteiger charge is -2.34. The minimum atomic E-state index is -0.530. The molecule has 0 saturated carbocycles. The van der Waals surface area contributed by atoms with Crippen LogP contribution in [0.5, 0.6) is 11.5 Å². The monoisotopic (exact) mass is 689 g/mol. The Kier molecular flexibility index (Phi) is 6.73. The molecule has 54 heavy (non-hydrogen) atoms. The van der Waals surface area contributed by atoms with Gasteiger partial charge < -0.3 is 4.74 Å². The van der Waals surface area contributed by atoms with E-state index < -0.39 is 5.41 Å². The Morgan fingerprint density at radius 3 is 1.59 bits per heavy atom. The summed E-state index contributed by atoms with van der Waals surface area (Å²) in [6.45, 7) is 0. The fourth-order valence-electron chi connectivity index (χ4n) is 8.64. The molecule has 0 fully saturated rings. The Hall–Kier alpha value is -7.17. The van der Waals surface area contributed by atoms with Gasteiger partial charge in [-0.15, -0.1) is 0 Å². The van der Waals surface area contributed by atoms with Gasteiger partial charge in [0.05, 0.1) is 5.41 Å². The predicted molar refractivity (Wildman–Crippen MR) is 216 cm³/mol. The summed E-state index contributed by atoms with van der Waals surface area (Å²) in [7, 11) is 0. The fourth-order valence-corrected chi connectivity index (χ4v) is 8.64. The first-order chi connectivity index (χ1) is 26.8. The molecule has 9 aromatic rings. The van der Waals surface area contributed by atoms with Crippen LogP contribution < -0.4 is 4.74 Å². The largest absolute Gasteiger partial charge is 0.456 e. The molecular formula is C50H31N3O. The lowest BCUT2D eigenvalue weighted by Crippen LogP contribution is -2.28. The number of nitrogens with zero attached hydrogens (tertiary/aromatic N) is 3. The molecule has 0 N–H and O–H groups in total. The number of hydrogen-bond donors (Lipinski definition) is 0. The van der Waals surface area contributed by atoms with E-state index in [1.807, 2.05) is 42.5 Å². The highest BCUT2D eigenvalue weighted by Gasteiger charge is 2.46. The second-order valence-corrected chi connectivity index (χ2v) is 13.9. The third kappa shape index (κ3) is 4.53. The standard InChI is InChI=1S/C50H31N3O/c1-4-14-33(15-5-1)47-51-48(53-49(52-47)35-27-29-40-41-23-12-16-32-17-13-25-44(46(32)41)54-45(40)31-35)34-26-28-39-38-22-10-11-24-42(38)50(43(39)30-34,36-18-6-2-7-19-36)37-20-8-3-9-21-37/h1-31H. The summed E-state index contributed by atoms with van der Waals surface area (Å²) >= 11 is 0. The first-order valence-electron chi connectivity index (χ1n) is 18.3. The van der Waals surface area contributed by atoms with E-state index in [-0.39, 0.29) is 0 Å². The van der Waals surface area contributed by atoms with E-state index in [9.17, 15) is 0 Å². The zero-order chi connectivity index (χ0) is 35.6. The summed E-state index contributed by atoms with van der Waals surface area (Å²) in [5.41, 5.74) is 11.7. The lowest BCUT2D eigenvalue weighted by molar-refractivity contribution is 0.487. The number of hydrogen-bond acceptors (Lipinski definition) is 4. The van der Waals surface area contributed by atoms with Crippen molar-refractivity contribution in [2.24, 2.45) is 0 Å². The third-order valence-corrected chi connectivity index (χ3v) is 11.0. The van der Waals surface area contributed by atoms with Crippen molar-refractivity contribution in [3.8, 4) is 67.9 Å². The van der Waals surface area contributed by atoms with Crippen LogP contribution in [0, 0.1) is 0 Å². The predicted octanol–water partition coefficient (Wildman–Crippen LogP) is 12.2. The molecule has 2 heterocycles. The third-order valence-electron chi connectivity index (χ3n) is 11.0. The minimum Gasteiger partial charge on any atom is -0.456 e. The summed E-state index contributed by atoms with van der Waals surface area (Å²) in [4.78, 5) is 15.5. The van der Waals surface area contributed by atoms with Crippen molar-refractivity contribution in [2.75, 3.05) is 0 Å². The average molecular weight is 690 g/mol. The molecule has 1 aliphatic heterocycles. The highest BCUT2D eigenvalue weighted by atomic mass is 16.5. The van der Waals surface area contributed by atoms with Gasteiger partial charge in [0, 0.05) is 27.6 Å². The zero-order valence-electron chi connectivity index (χ0n) is 29.1. The molecule has 0 amide bonds. The zero-order valence-corrected chi connectivity index (χ0v) is 29.1. The quantitative estimate of drug-likeness (QED) is 0.180. The molecule has 2 aliphatic rings. The van der Waals surface area contributed by atoms with Gasteiger partial charge in [-0.25, -0.2) is 15.0 Å². The first kappa shape index (κ1) is 30.5. The van der Waals surface area contributed by atoms with Gasteiger partial charge in [-0.2, -0.15) is 0 Å². The van der Waals surface area contributed by atoms with Crippen molar-refractivity contribution in [3.63, 3.8) is 0 Å². The maximum Gasteiger partial charge on any atom is 0.164 e. The Balaban J connectivity index is 1.12. The van der Waals surface area contributed by atoms with Crippen LogP contribution in [-0.4, -0.2) is 15.0 Å². The summed E-state index contributed by atoms with van der Waals surface area (Å²) in [6, 6.07) is 66.2.